The van der Waals surface area contributed by atoms with E-state index in [0.717, 1.165) is 42.9 Å². The van der Waals surface area contributed by atoms with E-state index < -0.39 is 0 Å². The zero-order valence-corrected chi connectivity index (χ0v) is 11.6. The molecule has 3 heteroatoms. The van der Waals surface area contributed by atoms with E-state index in [0.29, 0.717) is 6.10 Å². The fourth-order valence-corrected chi connectivity index (χ4v) is 2.90. The van der Waals surface area contributed by atoms with E-state index in [1.54, 1.807) is 0 Å². The van der Waals surface area contributed by atoms with Crippen LogP contribution in [0.25, 0.3) is 0 Å². The van der Waals surface area contributed by atoms with E-state index in [9.17, 15) is 0 Å². The Labute approximate surface area is 110 Å². The van der Waals surface area contributed by atoms with Crippen molar-refractivity contribution in [1.82, 2.24) is 4.98 Å². The van der Waals surface area contributed by atoms with Gasteiger partial charge in [-0.25, -0.2) is 0 Å². The molecule has 1 aromatic rings. The Hall–Kier alpha value is -1.25. The quantitative estimate of drug-likeness (QED) is 0.882. The lowest BCUT2D eigenvalue weighted by Gasteiger charge is -2.31. The maximum Gasteiger partial charge on any atom is 0.215 e. The number of ether oxygens (including phenoxy) is 1. The van der Waals surface area contributed by atoms with Gasteiger partial charge in [0.25, 0.3) is 0 Å². The summed E-state index contributed by atoms with van der Waals surface area (Å²) in [6, 6.07) is 5.92. The van der Waals surface area contributed by atoms with Gasteiger partial charge in [0.1, 0.15) is 11.9 Å². The maximum absolute atomic E-state index is 6.03. The molecule has 1 saturated carbocycles. The monoisotopic (exact) mass is 248 g/mol. The molecule has 3 nitrogen and oxygen atoms in total. The first-order valence-electron chi connectivity index (χ1n) is 7.05. The van der Waals surface area contributed by atoms with Crippen LogP contribution in [-0.4, -0.2) is 17.6 Å². The van der Waals surface area contributed by atoms with Crippen molar-refractivity contribution in [3.63, 3.8) is 0 Å². The third-order valence-electron chi connectivity index (χ3n) is 3.50. The average molecular weight is 248 g/mol. The topological polar surface area (TPSA) is 34.1 Å². The maximum atomic E-state index is 6.03. The number of hydrogen-bond acceptors (Lipinski definition) is 3. The number of rotatable bonds is 4. The molecule has 1 heterocycles. The van der Waals surface area contributed by atoms with Crippen LogP contribution in [0.2, 0.25) is 0 Å². The normalized spacial score (nSPS) is 27.8. The lowest BCUT2D eigenvalue weighted by Crippen LogP contribution is -2.28. The molecule has 1 N–H and O–H groups in total. The van der Waals surface area contributed by atoms with Gasteiger partial charge in [-0.1, -0.05) is 19.9 Å². The van der Waals surface area contributed by atoms with E-state index in [4.69, 9.17) is 4.74 Å². The molecule has 0 bridgehead atoms. The number of anilines is 1. The Kier molecular flexibility index (Phi) is 4.45. The third-order valence-corrected chi connectivity index (χ3v) is 3.50. The summed E-state index contributed by atoms with van der Waals surface area (Å²) in [7, 11) is 0. The molecule has 100 valence electrons. The van der Waals surface area contributed by atoms with E-state index in [1.807, 2.05) is 18.2 Å². The molecule has 0 aliphatic heterocycles. The van der Waals surface area contributed by atoms with Crippen molar-refractivity contribution < 1.29 is 4.74 Å². The lowest BCUT2D eigenvalue weighted by molar-refractivity contribution is 0.0969. The highest BCUT2D eigenvalue weighted by molar-refractivity contribution is 5.36. The van der Waals surface area contributed by atoms with Crippen molar-refractivity contribution in [1.29, 1.82) is 0 Å². The first-order valence-corrected chi connectivity index (χ1v) is 7.05. The summed E-state index contributed by atoms with van der Waals surface area (Å²) < 4.78 is 6.03. The van der Waals surface area contributed by atoms with Crippen molar-refractivity contribution in [2.45, 2.75) is 46.1 Å². The Morgan fingerprint density at radius 3 is 2.61 bits per heavy atom. The van der Waals surface area contributed by atoms with Crippen LogP contribution >= 0.6 is 0 Å². The molecule has 0 aromatic carbocycles. The highest BCUT2D eigenvalue weighted by atomic mass is 16.5. The van der Waals surface area contributed by atoms with Crippen molar-refractivity contribution in [2.24, 2.45) is 11.8 Å². The van der Waals surface area contributed by atoms with Crippen LogP contribution in [0.3, 0.4) is 0 Å². The second-order valence-electron chi connectivity index (χ2n) is 5.55. The van der Waals surface area contributed by atoms with E-state index in [1.165, 1.54) is 6.42 Å². The van der Waals surface area contributed by atoms with Crippen LogP contribution < -0.4 is 10.1 Å². The van der Waals surface area contributed by atoms with E-state index in [-0.39, 0.29) is 0 Å². The highest BCUT2D eigenvalue weighted by Gasteiger charge is 2.25. The number of hydrogen-bond donors (Lipinski definition) is 1. The molecule has 18 heavy (non-hydrogen) atoms. The molecule has 0 spiro atoms. The lowest BCUT2D eigenvalue weighted by atomic mass is 9.82. The van der Waals surface area contributed by atoms with Crippen LogP contribution in [0.1, 0.15) is 40.0 Å². The highest BCUT2D eigenvalue weighted by Crippen LogP contribution is 2.31. The Balaban J connectivity index is 1.97. The molecule has 2 atom stereocenters. The molecule has 0 saturated heterocycles. The summed E-state index contributed by atoms with van der Waals surface area (Å²) in [6.07, 6.45) is 3.95. The summed E-state index contributed by atoms with van der Waals surface area (Å²) in [5.41, 5.74) is 0. The summed E-state index contributed by atoms with van der Waals surface area (Å²) >= 11 is 0. The number of pyridine rings is 1. The van der Waals surface area contributed by atoms with Crippen LogP contribution in [0, 0.1) is 11.8 Å². The molecule has 0 amide bonds. The summed E-state index contributed by atoms with van der Waals surface area (Å²) in [6.45, 7) is 7.58. The van der Waals surface area contributed by atoms with Crippen molar-refractivity contribution in [3.8, 4) is 5.88 Å². The number of nitrogens with zero attached hydrogens (tertiary/aromatic N) is 1. The van der Waals surface area contributed by atoms with Crippen molar-refractivity contribution >= 4 is 5.82 Å². The van der Waals surface area contributed by atoms with Gasteiger partial charge >= 0.3 is 0 Å². The molecule has 1 aromatic heterocycles. The fourth-order valence-electron chi connectivity index (χ4n) is 2.90. The van der Waals surface area contributed by atoms with Gasteiger partial charge in [0.2, 0.25) is 5.88 Å². The standard InChI is InChI=1S/C15H24N2O/c1-4-16-14-6-5-7-15(17-14)18-13-9-11(2)8-12(3)10-13/h5-7,11-13H,4,8-10H2,1-3H3,(H,16,17). The predicted molar refractivity (Wildman–Crippen MR) is 75.0 cm³/mol. The van der Waals surface area contributed by atoms with Gasteiger partial charge in [-0.05, 0) is 44.1 Å². The molecule has 0 radical (unpaired) electrons. The van der Waals surface area contributed by atoms with Gasteiger partial charge in [0.15, 0.2) is 0 Å². The number of aromatic nitrogens is 1. The van der Waals surface area contributed by atoms with Gasteiger partial charge < -0.3 is 10.1 Å². The van der Waals surface area contributed by atoms with Crippen LogP contribution in [-0.2, 0) is 0 Å². The molecule has 2 rings (SSSR count). The first-order chi connectivity index (χ1) is 8.67. The van der Waals surface area contributed by atoms with Crippen LogP contribution in [0.5, 0.6) is 5.88 Å². The largest absolute Gasteiger partial charge is 0.474 e. The van der Waals surface area contributed by atoms with Gasteiger partial charge in [0.05, 0.1) is 0 Å². The summed E-state index contributed by atoms with van der Waals surface area (Å²) in [4.78, 5) is 4.47. The van der Waals surface area contributed by atoms with Gasteiger partial charge in [0, 0.05) is 12.6 Å². The predicted octanol–water partition coefficient (Wildman–Crippen LogP) is 3.72. The Bertz CT molecular complexity index is 371. The summed E-state index contributed by atoms with van der Waals surface area (Å²) in [5, 5.41) is 3.21. The molecule has 1 aliphatic carbocycles. The summed E-state index contributed by atoms with van der Waals surface area (Å²) in [5.74, 6) is 3.16. The second kappa shape index (κ2) is 6.07. The zero-order valence-electron chi connectivity index (χ0n) is 11.6. The van der Waals surface area contributed by atoms with Crippen molar-refractivity contribution in [2.75, 3.05) is 11.9 Å². The SMILES string of the molecule is CCNc1cccc(OC2CC(C)CC(C)C2)n1. The minimum Gasteiger partial charge on any atom is -0.474 e. The minimum atomic E-state index is 0.327. The molecular formula is C15H24N2O. The number of nitrogens with one attached hydrogen (secondary N) is 1. The van der Waals surface area contributed by atoms with E-state index in [2.05, 4.69) is 31.1 Å². The molecule has 1 aliphatic rings. The van der Waals surface area contributed by atoms with Crippen LogP contribution in [0.15, 0.2) is 18.2 Å². The molecular weight excluding hydrogens is 224 g/mol. The minimum absolute atomic E-state index is 0.327. The Morgan fingerprint density at radius 1 is 1.22 bits per heavy atom. The zero-order chi connectivity index (χ0) is 13.0. The molecule has 2 unspecified atom stereocenters. The second-order valence-corrected chi connectivity index (χ2v) is 5.55. The van der Waals surface area contributed by atoms with Gasteiger partial charge in [-0.2, -0.15) is 4.98 Å². The van der Waals surface area contributed by atoms with Gasteiger partial charge in [-0.3, -0.25) is 0 Å². The van der Waals surface area contributed by atoms with E-state index >= 15 is 0 Å². The smallest absolute Gasteiger partial charge is 0.215 e. The van der Waals surface area contributed by atoms with Crippen LogP contribution in [0.4, 0.5) is 5.82 Å². The Morgan fingerprint density at radius 2 is 1.94 bits per heavy atom. The molecule has 1 fully saturated rings. The first kappa shape index (κ1) is 13.2. The van der Waals surface area contributed by atoms with Gasteiger partial charge in [-0.15, -0.1) is 0 Å². The van der Waals surface area contributed by atoms with Crippen molar-refractivity contribution in [3.05, 3.63) is 18.2 Å². The average Bonchev–Trinajstić information content (AvgIpc) is 2.28. The fraction of sp³-hybridized carbons (Fsp3) is 0.667. The third kappa shape index (κ3) is 3.62.